The van der Waals surface area contributed by atoms with Crippen molar-refractivity contribution in [3.63, 3.8) is 0 Å². The number of aromatic amines is 1. The molecule has 0 aliphatic carbocycles. The van der Waals surface area contributed by atoms with Crippen molar-refractivity contribution in [3.8, 4) is 0 Å². The first kappa shape index (κ1) is 14.4. The van der Waals surface area contributed by atoms with Crippen LogP contribution < -0.4 is 4.90 Å². The van der Waals surface area contributed by atoms with Crippen LogP contribution in [0.1, 0.15) is 23.6 Å². The Morgan fingerprint density at radius 2 is 1.56 bits per heavy atom. The molecule has 0 bridgehead atoms. The molecule has 25 heavy (non-hydrogen) atoms. The zero-order valence-corrected chi connectivity index (χ0v) is 14.0. The summed E-state index contributed by atoms with van der Waals surface area (Å²) in [5.41, 5.74) is 6.61. The topological polar surface area (TPSA) is 19.0 Å². The first-order valence-corrected chi connectivity index (χ1v) is 8.90. The molecule has 0 radical (unpaired) electrons. The lowest BCUT2D eigenvalue weighted by atomic mass is 9.90. The van der Waals surface area contributed by atoms with E-state index in [1.54, 1.807) is 0 Å². The highest BCUT2D eigenvalue weighted by atomic mass is 15.2. The van der Waals surface area contributed by atoms with Gasteiger partial charge in [-0.2, -0.15) is 0 Å². The molecule has 0 saturated heterocycles. The lowest BCUT2D eigenvalue weighted by molar-refractivity contribution is 0.607. The molecule has 1 aromatic heterocycles. The summed E-state index contributed by atoms with van der Waals surface area (Å²) in [5.74, 6) is 0. The average molecular weight is 324 g/mol. The highest BCUT2D eigenvalue weighted by Gasteiger charge is 2.29. The Hall–Kier alpha value is -3.00. The van der Waals surface area contributed by atoms with E-state index in [2.05, 4.69) is 94.9 Å². The van der Waals surface area contributed by atoms with Crippen LogP contribution in [0, 0.1) is 0 Å². The first-order valence-electron chi connectivity index (χ1n) is 8.90. The number of aromatic nitrogens is 1. The van der Waals surface area contributed by atoms with Crippen LogP contribution in [-0.4, -0.2) is 4.98 Å². The fourth-order valence-electron chi connectivity index (χ4n) is 4.12. The standard InChI is InChI=1S/C23H20N2/c1-2-9-18(10-3-1)25-22-13-7-4-8-17(22)14-15-23(25)20-16-24-21-12-6-5-11-19(20)21/h1-13,16,23-24H,14-15H2. The molecule has 5 rings (SSSR count). The molecule has 1 unspecified atom stereocenters. The molecule has 3 aromatic carbocycles. The Balaban J connectivity index is 1.71. The van der Waals surface area contributed by atoms with Crippen molar-refractivity contribution >= 4 is 22.3 Å². The monoisotopic (exact) mass is 324 g/mol. The van der Waals surface area contributed by atoms with Gasteiger partial charge in [-0.1, -0.05) is 54.6 Å². The zero-order valence-electron chi connectivity index (χ0n) is 14.0. The summed E-state index contributed by atoms with van der Waals surface area (Å²) in [4.78, 5) is 5.96. The van der Waals surface area contributed by atoms with Crippen molar-refractivity contribution in [2.24, 2.45) is 0 Å². The molecule has 0 saturated carbocycles. The van der Waals surface area contributed by atoms with Gasteiger partial charge in [0.15, 0.2) is 0 Å². The van der Waals surface area contributed by atoms with Crippen LogP contribution in [0.5, 0.6) is 0 Å². The summed E-state index contributed by atoms with van der Waals surface area (Å²) in [6, 6.07) is 28.5. The Morgan fingerprint density at radius 1 is 0.800 bits per heavy atom. The van der Waals surface area contributed by atoms with Gasteiger partial charge < -0.3 is 9.88 Å². The minimum atomic E-state index is 0.341. The van der Waals surface area contributed by atoms with E-state index in [9.17, 15) is 0 Å². The lowest BCUT2D eigenvalue weighted by Crippen LogP contribution is -2.28. The summed E-state index contributed by atoms with van der Waals surface area (Å²) in [5, 5.41) is 1.33. The van der Waals surface area contributed by atoms with E-state index in [-0.39, 0.29) is 0 Å². The molecular weight excluding hydrogens is 304 g/mol. The van der Waals surface area contributed by atoms with Crippen LogP contribution in [0.25, 0.3) is 10.9 Å². The number of anilines is 2. The molecule has 122 valence electrons. The normalized spacial score (nSPS) is 16.8. The van der Waals surface area contributed by atoms with Crippen LogP contribution in [0.2, 0.25) is 0 Å². The Bertz CT molecular complexity index is 1020. The number of hydrogen-bond donors (Lipinski definition) is 1. The van der Waals surface area contributed by atoms with Gasteiger partial charge in [0.25, 0.3) is 0 Å². The number of hydrogen-bond acceptors (Lipinski definition) is 1. The Kier molecular flexibility index (Phi) is 3.34. The smallest absolute Gasteiger partial charge is 0.0615 e. The Labute approximate surface area is 147 Å². The molecule has 2 nitrogen and oxygen atoms in total. The molecule has 0 spiro atoms. The van der Waals surface area contributed by atoms with Gasteiger partial charge in [0.05, 0.1) is 6.04 Å². The molecular formula is C23H20N2. The maximum absolute atomic E-state index is 3.45. The number of rotatable bonds is 2. The molecule has 1 atom stereocenters. The van der Waals surface area contributed by atoms with Gasteiger partial charge in [-0.15, -0.1) is 0 Å². The zero-order chi connectivity index (χ0) is 16.6. The minimum absolute atomic E-state index is 0.341. The third-order valence-electron chi connectivity index (χ3n) is 5.26. The summed E-state index contributed by atoms with van der Waals surface area (Å²) in [6.07, 6.45) is 4.43. The molecule has 1 aliphatic heterocycles. The van der Waals surface area contributed by atoms with Crippen molar-refractivity contribution in [2.75, 3.05) is 4.90 Å². The van der Waals surface area contributed by atoms with Gasteiger partial charge in [0.2, 0.25) is 0 Å². The third-order valence-corrected chi connectivity index (χ3v) is 5.26. The summed E-state index contributed by atoms with van der Waals surface area (Å²) >= 11 is 0. The molecule has 0 fully saturated rings. The van der Waals surface area contributed by atoms with Crippen LogP contribution >= 0.6 is 0 Å². The van der Waals surface area contributed by atoms with Crippen LogP contribution in [0.3, 0.4) is 0 Å². The predicted molar refractivity (Wildman–Crippen MR) is 104 cm³/mol. The summed E-state index contributed by atoms with van der Waals surface area (Å²) in [7, 11) is 0. The molecule has 2 heterocycles. The largest absolute Gasteiger partial charge is 0.361 e. The van der Waals surface area contributed by atoms with Gasteiger partial charge in [-0.05, 0) is 42.7 Å². The average Bonchev–Trinajstić information content (AvgIpc) is 3.12. The highest BCUT2D eigenvalue weighted by molar-refractivity contribution is 5.85. The van der Waals surface area contributed by atoms with E-state index in [0.29, 0.717) is 6.04 Å². The van der Waals surface area contributed by atoms with Crippen molar-refractivity contribution in [1.29, 1.82) is 0 Å². The van der Waals surface area contributed by atoms with Gasteiger partial charge in [0.1, 0.15) is 0 Å². The second kappa shape index (κ2) is 5.82. The van der Waals surface area contributed by atoms with Crippen molar-refractivity contribution in [2.45, 2.75) is 18.9 Å². The van der Waals surface area contributed by atoms with E-state index in [1.807, 2.05) is 0 Å². The molecule has 1 N–H and O–H groups in total. The highest BCUT2D eigenvalue weighted by Crippen LogP contribution is 2.44. The van der Waals surface area contributed by atoms with E-state index < -0.39 is 0 Å². The maximum atomic E-state index is 3.45. The van der Waals surface area contributed by atoms with Gasteiger partial charge >= 0.3 is 0 Å². The predicted octanol–water partition coefficient (Wildman–Crippen LogP) is 5.99. The number of fused-ring (bicyclic) bond motifs is 2. The number of nitrogens with one attached hydrogen (secondary N) is 1. The van der Waals surface area contributed by atoms with Crippen LogP contribution in [0.4, 0.5) is 11.4 Å². The number of benzene rings is 3. The lowest BCUT2D eigenvalue weighted by Gasteiger charge is -2.39. The van der Waals surface area contributed by atoms with Gasteiger partial charge in [-0.25, -0.2) is 0 Å². The maximum Gasteiger partial charge on any atom is 0.0615 e. The number of aryl methyl sites for hydroxylation is 1. The number of H-pyrrole nitrogens is 1. The van der Waals surface area contributed by atoms with Crippen LogP contribution in [0.15, 0.2) is 85.1 Å². The third kappa shape index (κ3) is 2.33. The fourth-order valence-corrected chi connectivity index (χ4v) is 4.12. The van der Waals surface area contributed by atoms with E-state index >= 15 is 0 Å². The molecule has 0 amide bonds. The SMILES string of the molecule is c1ccc(N2c3ccccc3CCC2c2c[nH]c3ccccc23)cc1. The van der Waals surface area contributed by atoms with Crippen molar-refractivity contribution in [3.05, 3.63) is 96.2 Å². The number of nitrogens with zero attached hydrogens (tertiary/aromatic N) is 1. The number of para-hydroxylation sites is 3. The van der Waals surface area contributed by atoms with E-state index in [0.717, 1.165) is 12.8 Å². The van der Waals surface area contributed by atoms with Crippen molar-refractivity contribution in [1.82, 2.24) is 4.98 Å². The van der Waals surface area contributed by atoms with Crippen molar-refractivity contribution < 1.29 is 0 Å². The van der Waals surface area contributed by atoms with Gasteiger partial charge in [-0.3, -0.25) is 0 Å². The summed E-state index contributed by atoms with van der Waals surface area (Å²) in [6.45, 7) is 0. The second-order valence-electron chi connectivity index (χ2n) is 6.68. The molecule has 1 aliphatic rings. The van der Waals surface area contributed by atoms with Gasteiger partial charge in [0, 0.05) is 34.0 Å². The van der Waals surface area contributed by atoms with E-state index in [4.69, 9.17) is 0 Å². The van der Waals surface area contributed by atoms with Crippen LogP contribution in [-0.2, 0) is 6.42 Å². The molecule has 2 heteroatoms. The summed E-state index contributed by atoms with van der Waals surface area (Å²) < 4.78 is 0. The first-order chi connectivity index (χ1) is 12.4. The molecule has 4 aromatic rings. The van der Waals surface area contributed by atoms with E-state index in [1.165, 1.54) is 33.4 Å². The fraction of sp³-hybridized carbons (Fsp3) is 0.130. The second-order valence-corrected chi connectivity index (χ2v) is 6.68. The minimum Gasteiger partial charge on any atom is -0.361 e. The quantitative estimate of drug-likeness (QED) is 0.479. The Morgan fingerprint density at radius 3 is 2.48 bits per heavy atom.